The molecule has 2 aromatic rings. The Bertz CT molecular complexity index is 874. The summed E-state index contributed by atoms with van der Waals surface area (Å²) >= 11 is 1.45. The minimum atomic E-state index is -1.12. The quantitative estimate of drug-likeness (QED) is 0.523. The molecule has 29 heavy (non-hydrogen) atoms. The molecule has 156 valence electrons. The van der Waals surface area contributed by atoms with Gasteiger partial charge in [-0.05, 0) is 46.8 Å². The largest absolute Gasteiger partial charge is 0.449 e. The molecule has 8 nitrogen and oxygen atoms in total. The number of carbonyl (C=O) groups is 3. The van der Waals surface area contributed by atoms with Crippen LogP contribution in [-0.4, -0.2) is 35.2 Å². The number of hydrogen-bond donors (Lipinski definition) is 2. The topological polar surface area (TPSA) is 111 Å². The van der Waals surface area contributed by atoms with Gasteiger partial charge in [-0.1, -0.05) is 17.3 Å². The summed E-state index contributed by atoms with van der Waals surface area (Å²) in [6.07, 6.45) is -1.12. The summed E-state index contributed by atoms with van der Waals surface area (Å²) < 4.78 is 10.4. The first-order valence-corrected chi connectivity index (χ1v) is 10.1. The van der Waals surface area contributed by atoms with Crippen molar-refractivity contribution in [1.29, 1.82) is 0 Å². The highest BCUT2D eigenvalue weighted by molar-refractivity contribution is 7.98. The first-order chi connectivity index (χ1) is 13.7. The molecule has 0 spiro atoms. The second-order valence-electron chi connectivity index (χ2n) is 6.75. The Morgan fingerprint density at radius 1 is 1.17 bits per heavy atom. The molecule has 1 heterocycles. The van der Waals surface area contributed by atoms with Gasteiger partial charge in [0.05, 0.1) is 11.3 Å². The smallest absolute Gasteiger partial charge is 0.340 e. The van der Waals surface area contributed by atoms with Crippen LogP contribution in [0.5, 0.6) is 0 Å². The molecule has 0 fully saturated rings. The van der Waals surface area contributed by atoms with Crippen molar-refractivity contribution in [2.24, 2.45) is 0 Å². The number of amides is 3. The summed E-state index contributed by atoms with van der Waals surface area (Å²) in [5.41, 5.74) is 2.12. The Morgan fingerprint density at radius 2 is 1.86 bits per heavy atom. The van der Waals surface area contributed by atoms with Gasteiger partial charge in [0.1, 0.15) is 5.76 Å². The lowest BCUT2D eigenvalue weighted by molar-refractivity contribution is -0.127. The zero-order chi connectivity index (χ0) is 21.6. The van der Waals surface area contributed by atoms with Crippen molar-refractivity contribution in [2.75, 3.05) is 0 Å². The molecule has 0 bridgehead atoms. The third-order valence-electron chi connectivity index (χ3n) is 3.97. The molecule has 3 amide bonds. The van der Waals surface area contributed by atoms with Gasteiger partial charge < -0.3 is 14.6 Å². The van der Waals surface area contributed by atoms with Crippen molar-refractivity contribution in [3.63, 3.8) is 0 Å². The predicted molar refractivity (Wildman–Crippen MR) is 109 cm³/mol. The number of nitrogens with zero attached hydrogens (tertiary/aromatic N) is 1. The number of urea groups is 1. The molecule has 1 aromatic heterocycles. The lowest BCUT2D eigenvalue weighted by Crippen LogP contribution is -2.46. The van der Waals surface area contributed by atoms with E-state index < -0.39 is 24.0 Å². The van der Waals surface area contributed by atoms with Crippen LogP contribution in [0.1, 0.15) is 48.1 Å². The molecule has 9 heteroatoms. The number of nitrogens with one attached hydrogen (secondary N) is 2. The number of rotatable bonds is 7. The lowest BCUT2D eigenvalue weighted by atomic mass is 10.2. The van der Waals surface area contributed by atoms with Gasteiger partial charge in [0.15, 0.2) is 6.10 Å². The molecule has 0 unspecified atom stereocenters. The van der Waals surface area contributed by atoms with Crippen LogP contribution in [0.3, 0.4) is 0 Å². The molecule has 2 N–H and O–H groups in total. The van der Waals surface area contributed by atoms with Gasteiger partial charge in [-0.3, -0.25) is 10.1 Å². The van der Waals surface area contributed by atoms with E-state index >= 15 is 0 Å². The van der Waals surface area contributed by atoms with Crippen molar-refractivity contribution in [1.82, 2.24) is 15.8 Å². The predicted octanol–water partition coefficient (Wildman–Crippen LogP) is 3.36. The Kier molecular flexibility index (Phi) is 7.83. The molecule has 0 saturated carbocycles. The molecule has 1 aromatic carbocycles. The van der Waals surface area contributed by atoms with Gasteiger partial charge >= 0.3 is 12.0 Å². The summed E-state index contributed by atoms with van der Waals surface area (Å²) in [4.78, 5) is 37.0. The number of carbonyl (C=O) groups excluding carboxylic acids is 3. The minimum absolute atomic E-state index is 0.123. The number of imide groups is 1. The molecular weight excluding hydrogens is 394 g/mol. The van der Waals surface area contributed by atoms with Crippen LogP contribution < -0.4 is 10.6 Å². The normalized spacial score (nSPS) is 11.8. The maximum Gasteiger partial charge on any atom is 0.340 e. The highest BCUT2D eigenvalue weighted by Crippen LogP contribution is 2.29. The van der Waals surface area contributed by atoms with Gasteiger partial charge in [0.25, 0.3) is 5.91 Å². The van der Waals surface area contributed by atoms with Crippen LogP contribution >= 0.6 is 11.8 Å². The Balaban J connectivity index is 2.02. The number of ether oxygens (including phenoxy) is 1. The van der Waals surface area contributed by atoms with Gasteiger partial charge in [-0.25, -0.2) is 9.59 Å². The number of thioether (sulfide) groups is 1. The molecule has 0 saturated heterocycles. The fourth-order valence-corrected chi connectivity index (χ4v) is 3.60. The Labute approximate surface area is 173 Å². The SMILES string of the molecule is Cc1noc(C)c1CSc1ccccc1C(=O)O[C@H](C)C(=O)NC(=O)NC(C)C. The molecule has 2 rings (SSSR count). The summed E-state index contributed by atoms with van der Waals surface area (Å²) in [5, 5.41) is 8.61. The Morgan fingerprint density at radius 3 is 2.48 bits per heavy atom. The number of aromatic nitrogens is 1. The van der Waals surface area contributed by atoms with E-state index in [9.17, 15) is 14.4 Å². The third kappa shape index (κ3) is 6.35. The number of esters is 1. The van der Waals surface area contributed by atoms with Crippen LogP contribution in [0.4, 0.5) is 4.79 Å². The van der Waals surface area contributed by atoms with Crippen molar-refractivity contribution < 1.29 is 23.6 Å². The second-order valence-corrected chi connectivity index (χ2v) is 7.77. The van der Waals surface area contributed by atoms with E-state index in [4.69, 9.17) is 9.26 Å². The van der Waals surface area contributed by atoms with Gasteiger partial charge in [-0.2, -0.15) is 0 Å². The van der Waals surface area contributed by atoms with Gasteiger partial charge in [0, 0.05) is 22.3 Å². The number of hydrogen-bond acceptors (Lipinski definition) is 7. The first-order valence-electron chi connectivity index (χ1n) is 9.15. The molecular formula is C20H25N3O5S. The van der Waals surface area contributed by atoms with E-state index in [2.05, 4.69) is 15.8 Å². The maximum atomic E-state index is 12.6. The zero-order valence-corrected chi connectivity index (χ0v) is 17.9. The molecule has 0 aliphatic carbocycles. The maximum absolute atomic E-state index is 12.6. The highest BCUT2D eigenvalue weighted by Gasteiger charge is 2.23. The van der Waals surface area contributed by atoms with Crippen LogP contribution in [0.25, 0.3) is 0 Å². The molecule has 0 aliphatic rings. The average Bonchev–Trinajstić information content (AvgIpc) is 2.97. The van der Waals surface area contributed by atoms with E-state index in [0.717, 1.165) is 17.0 Å². The fraction of sp³-hybridized carbons (Fsp3) is 0.400. The van der Waals surface area contributed by atoms with Crippen LogP contribution in [0.2, 0.25) is 0 Å². The zero-order valence-electron chi connectivity index (χ0n) is 17.1. The highest BCUT2D eigenvalue weighted by atomic mass is 32.2. The van der Waals surface area contributed by atoms with Crippen LogP contribution in [0.15, 0.2) is 33.7 Å². The average molecular weight is 420 g/mol. The summed E-state index contributed by atoms with van der Waals surface area (Å²) in [5.74, 6) is -0.0205. The van der Waals surface area contributed by atoms with Crippen molar-refractivity contribution in [2.45, 2.75) is 57.4 Å². The van der Waals surface area contributed by atoms with Crippen LogP contribution in [-0.2, 0) is 15.3 Å². The third-order valence-corrected chi connectivity index (χ3v) is 5.07. The van der Waals surface area contributed by atoms with Crippen LogP contribution in [0, 0.1) is 13.8 Å². The van der Waals surface area contributed by atoms with Gasteiger partial charge in [-0.15, -0.1) is 11.8 Å². The Hall–Kier alpha value is -2.81. The molecule has 0 radical (unpaired) electrons. The fourth-order valence-electron chi connectivity index (χ4n) is 2.41. The van der Waals surface area contributed by atoms with Crippen molar-refractivity contribution in [3.8, 4) is 0 Å². The summed E-state index contributed by atoms with van der Waals surface area (Å²) in [6.45, 7) is 8.65. The first kappa shape index (κ1) is 22.5. The molecule has 0 aliphatic heterocycles. The van der Waals surface area contributed by atoms with E-state index in [-0.39, 0.29) is 6.04 Å². The lowest BCUT2D eigenvalue weighted by Gasteiger charge is -2.15. The number of benzene rings is 1. The molecule has 1 atom stereocenters. The number of aryl methyl sites for hydroxylation is 2. The minimum Gasteiger partial charge on any atom is -0.449 e. The van der Waals surface area contributed by atoms with Crippen molar-refractivity contribution in [3.05, 3.63) is 46.8 Å². The van der Waals surface area contributed by atoms with E-state index in [1.807, 2.05) is 19.9 Å². The monoisotopic (exact) mass is 419 g/mol. The van der Waals surface area contributed by atoms with Gasteiger partial charge in [0.2, 0.25) is 0 Å². The van der Waals surface area contributed by atoms with E-state index in [1.54, 1.807) is 32.0 Å². The summed E-state index contributed by atoms with van der Waals surface area (Å²) in [6, 6.07) is 6.22. The second kappa shape index (κ2) is 10.1. The standard InChI is InChI=1S/C20H25N3O5S/c1-11(2)21-20(26)22-18(24)14(5)27-19(25)15-8-6-7-9-17(15)29-10-16-12(3)23-28-13(16)4/h6-9,11,14H,10H2,1-5H3,(H2,21,22,24,26)/t14-/m1/s1. The van der Waals surface area contributed by atoms with Crippen molar-refractivity contribution >= 4 is 29.7 Å². The summed E-state index contributed by atoms with van der Waals surface area (Å²) in [7, 11) is 0. The van der Waals surface area contributed by atoms with E-state index in [1.165, 1.54) is 18.7 Å². The van der Waals surface area contributed by atoms with E-state index in [0.29, 0.717) is 16.2 Å².